The van der Waals surface area contributed by atoms with Crippen molar-refractivity contribution in [2.75, 3.05) is 39.9 Å². The normalized spacial score (nSPS) is 11.9. The minimum atomic E-state index is -0.207. The number of carbonyl (C=O) groups is 1. The van der Waals surface area contributed by atoms with E-state index in [0.29, 0.717) is 13.1 Å². The van der Waals surface area contributed by atoms with Crippen LogP contribution in [0.5, 0.6) is 0 Å². The van der Waals surface area contributed by atoms with E-state index in [1.165, 1.54) is 0 Å². The molecular formula is C11H24N2O3. The second-order valence-electron chi connectivity index (χ2n) is 4.85. The maximum Gasteiger partial charge on any atom is 0.236 e. The lowest BCUT2D eigenvalue weighted by Crippen LogP contribution is -2.48. The Hall–Kier alpha value is -0.650. The van der Waals surface area contributed by atoms with E-state index in [9.17, 15) is 4.79 Å². The van der Waals surface area contributed by atoms with Crippen molar-refractivity contribution in [2.45, 2.75) is 26.3 Å². The Morgan fingerprint density at radius 3 is 1.88 bits per heavy atom. The van der Waals surface area contributed by atoms with E-state index in [-0.39, 0.29) is 31.2 Å². The third-order valence-corrected chi connectivity index (χ3v) is 2.57. The van der Waals surface area contributed by atoms with Crippen LogP contribution >= 0.6 is 0 Å². The Balaban J connectivity index is 4.28. The van der Waals surface area contributed by atoms with Crippen LogP contribution in [0.15, 0.2) is 0 Å². The van der Waals surface area contributed by atoms with Gasteiger partial charge in [0, 0.05) is 25.7 Å². The molecule has 0 bridgehead atoms. The number of aliphatic hydroxyl groups excluding tert-OH is 2. The van der Waals surface area contributed by atoms with Gasteiger partial charge in [0.15, 0.2) is 0 Å². The van der Waals surface area contributed by atoms with Gasteiger partial charge >= 0.3 is 0 Å². The maximum atomic E-state index is 11.9. The zero-order chi connectivity index (χ0) is 12.8. The number of hydrogen-bond acceptors (Lipinski definition) is 4. The summed E-state index contributed by atoms with van der Waals surface area (Å²) in [6, 6.07) is 0. The first-order valence-electron chi connectivity index (χ1n) is 5.53. The van der Waals surface area contributed by atoms with Gasteiger partial charge in [-0.2, -0.15) is 0 Å². The van der Waals surface area contributed by atoms with Crippen LogP contribution < -0.4 is 0 Å². The van der Waals surface area contributed by atoms with Crippen molar-refractivity contribution in [3.8, 4) is 0 Å². The van der Waals surface area contributed by atoms with Crippen LogP contribution in [0.1, 0.15) is 20.8 Å². The first-order valence-corrected chi connectivity index (χ1v) is 5.53. The van der Waals surface area contributed by atoms with E-state index in [4.69, 9.17) is 10.2 Å². The molecule has 0 aromatic rings. The van der Waals surface area contributed by atoms with Gasteiger partial charge in [0.2, 0.25) is 5.91 Å². The number of rotatable bonds is 6. The average molecular weight is 232 g/mol. The minimum absolute atomic E-state index is 0.00519. The van der Waals surface area contributed by atoms with E-state index < -0.39 is 0 Å². The molecule has 0 fully saturated rings. The van der Waals surface area contributed by atoms with Gasteiger partial charge in [0.05, 0.1) is 19.8 Å². The fraction of sp³-hybridized carbons (Fsp3) is 0.909. The SMILES string of the molecule is CN(C(=O)CN(CCO)CCO)C(C)(C)C. The smallest absolute Gasteiger partial charge is 0.236 e. The predicted octanol–water partition coefficient (Wildman–Crippen LogP) is -0.470. The highest BCUT2D eigenvalue weighted by Gasteiger charge is 2.23. The molecule has 0 saturated heterocycles. The minimum Gasteiger partial charge on any atom is -0.395 e. The quantitative estimate of drug-likeness (QED) is 0.650. The number of nitrogens with zero attached hydrogens (tertiary/aromatic N) is 2. The summed E-state index contributed by atoms with van der Waals surface area (Å²) in [5, 5.41) is 17.7. The summed E-state index contributed by atoms with van der Waals surface area (Å²) in [4.78, 5) is 15.3. The van der Waals surface area contributed by atoms with Crippen LogP contribution in [0.4, 0.5) is 0 Å². The summed E-state index contributed by atoms with van der Waals surface area (Å²) in [5.74, 6) is -0.00519. The highest BCUT2D eigenvalue weighted by Crippen LogP contribution is 2.10. The summed E-state index contributed by atoms with van der Waals surface area (Å²) in [6.07, 6.45) is 0. The Morgan fingerprint density at radius 2 is 1.56 bits per heavy atom. The molecule has 0 spiro atoms. The highest BCUT2D eigenvalue weighted by atomic mass is 16.3. The van der Waals surface area contributed by atoms with Crippen LogP contribution in [0, 0.1) is 0 Å². The monoisotopic (exact) mass is 232 g/mol. The predicted molar refractivity (Wildman–Crippen MR) is 63.1 cm³/mol. The molecule has 5 nitrogen and oxygen atoms in total. The molecule has 0 saturated carbocycles. The second-order valence-corrected chi connectivity index (χ2v) is 4.85. The average Bonchev–Trinajstić information content (AvgIpc) is 2.15. The molecule has 0 heterocycles. The molecule has 0 rings (SSSR count). The summed E-state index contributed by atoms with van der Waals surface area (Å²) in [6.45, 7) is 6.93. The zero-order valence-electron chi connectivity index (χ0n) is 10.7. The van der Waals surface area contributed by atoms with Gasteiger partial charge in [-0.05, 0) is 20.8 Å². The molecule has 1 amide bonds. The van der Waals surface area contributed by atoms with Crippen molar-refractivity contribution in [2.24, 2.45) is 0 Å². The van der Waals surface area contributed by atoms with Crippen molar-refractivity contribution in [1.29, 1.82) is 0 Å². The maximum absolute atomic E-state index is 11.9. The van der Waals surface area contributed by atoms with Crippen molar-refractivity contribution in [3.63, 3.8) is 0 Å². The zero-order valence-corrected chi connectivity index (χ0v) is 10.7. The van der Waals surface area contributed by atoms with Crippen molar-refractivity contribution in [1.82, 2.24) is 9.80 Å². The Morgan fingerprint density at radius 1 is 1.12 bits per heavy atom. The van der Waals surface area contributed by atoms with Gasteiger partial charge in [-0.3, -0.25) is 9.69 Å². The number of carbonyl (C=O) groups excluding carboxylic acids is 1. The van der Waals surface area contributed by atoms with Crippen LogP contribution in [0.2, 0.25) is 0 Å². The van der Waals surface area contributed by atoms with E-state index in [1.54, 1.807) is 16.8 Å². The lowest BCUT2D eigenvalue weighted by Gasteiger charge is -2.33. The van der Waals surface area contributed by atoms with Gasteiger partial charge in [-0.15, -0.1) is 0 Å². The molecule has 5 heteroatoms. The summed E-state index contributed by atoms with van der Waals surface area (Å²) >= 11 is 0. The highest BCUT2D eigenvalue weighted by molar-refractivity contribution is 5.78. The first-order chi connectivity index (χ1) is 7.32. The fourth-order valence-corrected chi connectivity index (χ4v) is 1.22. The largest absolute Gasteiger partial charge is 0.395 e. The van der Waals surface area contributed by atoms with Crippen molar-refractivity contribution in [3.05, 3.63) is 0 Å². The number of amides is 1. The molecule has 96 valence electrons. The number of aliphatic hydroxyl groups is 2. The molecule has 0 radical (unpaired) electrons. The fourth-order valence-electron chi connectivity index (χ4n) is 1.22. The van der Waals surface area contributed by atoms with Crippen LogP contribution in [0.3, 0.4) is 0 Å². The Kier molecular flexibility index (Phi) is 6.55. The van der Waals surface area contributed by atoms with Gasteiger partial charge in [0.25, 0.3) is 0 Å². The van der Waals surface area contributed by atoms with Crippen LogP contribution in [0.25, 0.3) is 0 Å². The molecule has 0 aliphatic rings. The lowest BCUT2D eigenvalue weighted by molar-refractivity contribution is -0.135. The summed E-state index contributed by atoms with van der Waals surface area (Å²) in [7, 11) is 1.76. The van der Waals surface area contributed by atoms with Gasteiger partial charge in [0.1, 0.15) is 0 Å². The molecule has 0 unspecified atom stereocenters. The molecular weight excluding hydrogens is 208 g/mol. The van der Waals surface area contributed by atoms with Gasteiger partial charge < -0.3 is 15.1 Å². The van der Waals surface area contributed by atoms with E-state index in [1.807, 2.05) is 20.8 Å². The van der Waals surface area contributed by atoms with Gasteiger partial charge in [-0.25, -0.2) is 0 Å². The summed E-state index contributed by atoms with van der Waals surface area (Å²) in [5.41, 5.74) is -0.207. The molecule has 0 aromatic carbocycles. The third kappa shape index (κ3) is 5.44. The van der Waals surface area contributed by atoms with E-state index in [0.717, 1.165) is 0 Å². The standard InChI is InChI=1S/C11H24N2O3/c1-11(2,3)12(4)10(16)9-13(5-7-14)6-8-15/h14-15H,5-9H2,1-4H3. The number of likely N-dealkylation sites (N-methyl/N-ethyl adjacent to an activating group) is 1. The van der Waals surface area contributed by atoms with Crippen molar-refractivity contribution >= 4 is 5.91 Å². The van der Waals surface area contributed by atoms with Crippen molar-refractivity contribution < 1.29 is 15.0 Å². The van der Waals surface area contributed by atoms with E-state index in [2.05, 4.69) is 0 Å². The van der Waals surface area contributed by atoms with E-state index >= 15 is 0 Å². The topological polar surface area (TPSA) is 64.0 Å². The van der Waals surface area contributed by atoms with Gasteiger partial charge in [-0.1, -0.05) is 0 Å². The van der Waals surface area contributed by atoms with Crippen LogP contribution in [-0.2, 0) is 4.79 Å². The second kappa shape index (κ2) is 6.83. The van der Waals surface area contributed by atoms with Crippen LogP contribution in [-0.4, -0.2) is 71.4 Å². The number of hydrogen-bond donors (Lipinski definition) is 2. The summed E-state index contributed by atoms with van der Waals surface area (Å²) < 4.78 is 0. The Labute approximate surface area is 97.7 Å². The molecule has 0 aliphatic heterocycles. The first kappa shape index (κ1) is 15.3. The lowest BCUT2D eigenvalue weighted by atomic mass is 10.1. The molecule has 0 aromatic heterocycles. The molecule has 2 N–H and O–H groups in total. The molecule has 0 aliphatic carbocycles. The molecule has 16 heavy (non-hydrogen) atoms. The molecule has 0 atom stereocenters. The third-order valence-electron chi connectivity index (χ3n) is 2.57. The Bertz CT molecular complexity index is 208.